The Hall–Kier alpha value is -8.46. The van der Waals surface area contributed by atoms with Crippen molar-refractivity contribution in [1.29, 1.82) is 21.0 Å². The van der Waals surface area contributed by atoms with E-state index in [2.05, 4.69) is 141 Å². The van der Waals surface area contributed by atoms with Gasteiger partial charge in [-0.3, -0.25) is 24.1 Å². The first-order valence-electron chi connectivity index (χ1n) is 30.1. The first kappa shape index (κ1) is 84.8. The van der Waals surface area contributed by atoms with Crippen LogP contribution in [0.5, 0.6) is 0 Å². The number of alkyl halides is 4. The van der Waals surface area contributed by atoms with Gasteiger partial charge in [0.15, 0.2) is 12.4 Å². The van der Waals surface area contributed by atoms with Gasteiger partial charge in [0, 0.05) is 121 Å². The summed E-state index contributed by atoms with van der Waals surface area (Å²) in [6.07, 6.45) is 19.0. The molecule has 0 fully saturated rings. The van der Waals surface area contributed by atoms with Gasteiger partial charge in [-0.05, 0) is 213 Å². The molecule has 0 aliphatic rings. The zero-order valence-electron chi connectivity index (χ0n) is 54.8. The van der Waals surface area contributed by atoms with E-state index in [1.807, 2.05) is 85.3 Å². The number of rotatable bonds is 7. The molecule has 5 aromatic heterocycles. The Bertz CT molecular complexity index is 6260. The van der Waals surface area contributed by atoms with E-state index in [1.54, 1.807) is 67.4 Å². The van der Waals surface area contributed by atoms with Crippen LogP contribution in [-0.4, -0.2) is 54.4 Å². The SMILES string of the molecule is C.CS(=O)(=O)Cl.CS(=O)(=O)OCc1cc2ccncc2c2cc(Br)ccc12.N#CC(F)(F)c1cc2cc[n+]([O-])cc2c2cc(Br)ccc12.N#CC(F)(F)c1cc2ccncc2c2cc(Br)ccc12.N#CCc1cc2ccncc2c2cc(Br)ccc12.OCc1cc2ccncc2c2cc(Br)ccc12.[C-]#N.[Na+]. The zero-order chi connectivity index (χ0) is 75.4. The Morgan fingerprint density at radius 1 is 0.481 bits per heavy atom. The number of aliphatic hydroxyl groups excluding tert-OH is 1. The van der Waals surface area contributed by atoms with E-state index in [-0.39, 0.29) is 66.7 Å². The van der Waals surface area contributed by atoms with Crippen molar-refractivity contribution >= 4 is 217 Å². The van der Waals surface area contributed by atoms with Crippen LogP contribution in [0.2, 0.25) is 0 Å². The molecule has 29 heteroatoms. The number of nitrogens with zero attached hydrogens (tertiary/aromatic N) is 9. The number of benzene rings is 10. The van der Waals surface area contributed by atoms with Gasteiger partial charge in [0.1, 0.15) is 12.1 Å². The van der Waals surface area contributed by atoms with E-state index in [9.17, 15) is 44.7 Å². The Kier molecular flexibility index (Phi) is 29.5. The molecule has 0 atom stereocenters. The summed E-state index contributed by atoms with van der Waals surface area (Å²) in [5, 5.41) is 70.6. The van der Waals surface area contributed by atoms with Crippen molar-refractivity contribution in [2.45, 2.75) is 38.9 Å². The second-order valence-electron chi connectivity index (χ2n) is 22.6. The molecule has 0 radical (unpaired) electrons. The summed E-state index contributed by atoms with van der Waals surface area (Å²) >= 11 is 17.1. The third-order valence-electron chi connectivity index (χ3n) is 15.8. The predicted molar refractivity (Wildman–Crippen MR) is 422 cm³/mol. The second kappa shape index (κ2) is 36.9. The minimum absolute atomic E-state index is 0. The summed E-state index contributed by atoms with van der Waals surface area (Å²) in [6.45, 7) is 4.83. The van der Waals surface area contributed by atoms with E-state index in [1.165, 1.54) is 36.7 Å². The molecule has 0 amide bonds. The summed E-state index contributed by atoms with van der Waals surface area (Å²) in [5.74, 6) is -7.12. The van der Waals surface area contributed by atoms with Gasteiger partial charge in [-0.25, -0.2) is 8.42 Å². The van der Waals surface area contributed by atoms with Gasteiger partial charge >= 0.3 is 41.4 Å². The smallest absolute Gasteiger partial charge is 0.619 e. The van der Waals surface area contributed by atoms with Gasteiger partial charge in [0.05, 0.1) is 43.6 Å². The molecule has 0 unspecified atom stereocenters. The molecule has 0 bridgehead atoms. The topological polar surface area (TPSA) is 271 Å². The molecule has 106 heavy (non-hydrogen) atoms. The molecule has 0 saturated carbocycles. The van der Waals surface area contributed by atoms with Gasteiger partial charge in [0.2, 0.25) is 9.05 Å². The summed E-state index contributed by atoms with van der Waals surface area (Å²) in [5.41, 5.74) is 2.22. The number of fused-ring (bicyclic) bond motifs is 15. The van der Waals surface area contributed by atoms with Crippen molar-refractivity contribution in [3.8, 4) is 18.2 Å². The molecule has 5 heterocycles. The number of hydrogen-bond acceptors (Lipinski definition) is 15. The second-order valence-corrected chi connectivity index (χ2v) is 31.9. The largest absolute Gasteiger partial charge is 1.00 e. The summed E-state index contributed by atoms with van der Waals surface area (Å²) in [4.78, 5) is 16.6. The third kappa shape index (κ3) is 20.8. The number of nitriles is 3. The van der Waals surface area contributed by atoms with Gasteiger partial charge < -0.3 is 22.1 Å². The molecular formula is C77H52Br5ClF4N9NaO7S2. The number of aliphatic hydroxyl groups is 1. The standard InChI is InChI=1S/C15H7BrF2N2O.C15H7BrF2N2.C15H9BrN2.C15H12BrNO3S.C14H10BrNO.CH3ClO2S.CN.CH4.Na/c16-10-1-2-11-12(6-10)13-7-20(21)4-3-9(13)5-14(11)15(17,18)8-19;16-10-1-2-11-12(6-10)13-7-20-4-3-9(13)5-14(11)15(17,18)8-19;16-12-1-2-13-10(3-5-17)7-11-4-6-18-9-15(11)14(13)8-12;1-21(18,19)20-9-11-6-10-4-5-17-8-15(10)14-7-12(16)2-3-13(11)14;15-11-1-2-12-10(8-17)5-9-3-4-16-7-14(9)13(12)6-11;1-5(2,3)4;1-2;;/h1-7H;1-7H;1-2,4,6-9H,3H2;2-8H,9H2,1H3;1-7,17H,8H2;1H3;;1H4;/q;;;;;;-1;;+1. The molecule has 0 aliphatic heterocycles. The fourth-order valence-corrected chi connectivity index (χ4v) is 13.6. The number of pyridine rings is 5. The van der Waals surface area contributed by atoms with Crippen LogP contribution in [0.15, 0.2) is 236 Å². The average molecular weight is 1810 g/mol. The van der Waals surface area contributed by atoms with Crippen molar-refractivity contribution in [3.63, 3.8) is 0 Å². The maximum Gasteiger partial charge on any atom is 1.00 e. The Morgan fingerprint density at radius 2 is 0.783 bits per heavy atom. The molecule has 1 N–H and O–H groups in total. The van der Waals surface area contributed by atoms with E-state index in [0.717, 1.165) is 129 Å². The summed E-state index contributed by atoms with van der Waals surface area (Å²) < 4.78 is 107. The maximum absolute atomic E-state index is 13.9. The molecular weight excluding hydrogens is 1760 g/mol. The van der Waals surface area contributed by atoms with Crippen LogP contribution >= 0.6 is 90.3 Å². The predicted octanol–water partition coefficient (Wildman–Crippen LogP) is 18.2. The number of hydrogen-bond donors (Lipinski definition) is 1. The third-order valence-corrected chi connectivity index (χ3v) is 18.8. The molecule has 0 saturated heterocycles. The van der Waals surface area contributed by atoms with Gasteiger partial charge in [-0.1, -0.05) is 117 Å². The minimum atomic E-state index is -3.59. The van der Waals surface area contributed by atoms with Crippen molar-refractivity contribution in [2.24, 2.45) is 0 Å². The fourth-order valence-electron chi connectivity index (χ4n) is 11.4. The van der Waals surface area contributed by atoms with Crippen LogP contribution in [0.1, 0.15) is 35.2 Å². The van der Waals surface area contributed by atoms with Crippen molar-refractivity contribution in [2.75, 3.05) is 12.5 Å². The monoisotopic (exact) mass is 1810 g/mol. The fraction of sp³-hybridized carbons (Fsp3) is 0.104. The summed E-state index contributed by atoms with van der Waals surface area (Å²) in [6, 6.07) is 49.9. The Balaban J connectivity index is 0.000000180. The minimum Gasteiger partial charge on any atom is -0.619 e. The first-order valence-corrected chi connectivity index (χ1v) is 38.6. The first-order chi connectivity index (χ1) is 49.5. The molecule has 16 nitrogen and oxygen atoms in total. The van der Waals surface area contributed by atoms with Gasteiger partial charge in [0.25, 0.3) is 10.1 Å². The van der Waals surface area contributed by atoms with E-state index in [0.29, 0.717) is 47.9 Å². The average Bonchev–Trinajstić information content (AvgIpc) is 0.768. The number of aromatic nitrogens is 5. The molecule has 10 aromatic carbocycles. The quantitative estimate of drug-likeness (QED) is 0.0227. The van der Waals surface area contributed by atoms with Crippen LogP contribution in [0.4, 0.5) is 17.6 Å². The zero-order valence-corrected chi connectivity index (χ0v) is 67.2. The van der Waals surface area contributed by atoms with E-state index >= 15 is 0 Å². The van der Waals surface area contributed by atoms with Gasteiger partial charge in [-0.15, -0.1) is 0 Å². The van der Waals surface area contributed by atoms with Crippen molar-refractivity contribution < 1.29 is 78.0 Å². The van der Waals surface area contributed by atoms with Gasteiger partial charge in [-0.2, -0.15) is 46.5 Å². The van der Waals surface area contributed by atoms with Crippen LogP contribution in [-0.2, 0) is 54.8 Å². The van der Waals surface area contributed by atoms with Crippen LogP contribution < -0.4 is 34.3 Å². The van der Waals surface area contributed by atoms with Crippen molar-refractivity contribution in [1.82, 2.24) is 19.9 Å². The maximum atomic E-state index is 13.9. The molecule has 15 rings (SSSR count). The van der Waals surface area contributed by atoms with Crippen LogP contribution in [0, 0.1) is 51.0 Å². The Labute approximate surface area is 674 Å². The van der Waals surface area contributed by atoms with E-state index in [4.69, 9.17) is 31.8 Å². The molecule has 530 valence electrons. The van der Waals surface area contributed by atoms with Crippen LogP contribution in [0.25, 0.3) is 108 Å². The molecule has 15 aromatic rings. The molecule has 0 aliphatic carbocycles. The van der Waals surface area contributed by atoms with E-state index < -0.39 is 31.0 Å². The normalized spacial score (nSPS) is 11.1. The van der Waals surface area contributed by atoms with Crippen LogP contribution in [0.3, 0.4) is 0 Å². The van der Waals surface area contributed by atoms with Crippen molar-refractivity contribution in [3.05, 3.63) is 276 Å². The Morgan fingerprint density at radius 3 is 1.13 bits per heavy atom. The molecule has 0 spiro atoms. The summed E-state index contributed by atoms with van der Waals surface area (Å²) in [7, 11) is -2.17. The number of halogens is 10.